The molecule has 0 unspecified atom stereocenters. The van der Waals surface area contributed by atoms with E-state index in [4.69, 9.17) is 4.74 Å². The molecule has 0 amide bonds. The second-order valence-electron chi connectivity index (χ2n) is 4.50. The fraction of sp³-hybridized carbons (Fsp3) is 0.118. The van der Waals surface area contributed by atoms with E-state index in [1.54, 1.807) is 48.7 Å². The summed E-state index contributed by atoms with van der Waals surface area (Å²) in [7, 11) is 2.44. The highest BCUT2D eigenvalue weighted by Gasteiger charge is 2.13. The van der Waals surface area contributed by atoms with Crippen LogP contribution in [-0.4, -0.2) is 31.1 Å². The van der Waals surface area contributed by atoms with Gasteiger partial charge in [-0.2, -0.15) is 0 Å². The Hall–Kier alpha value is -3.35. The minimum atomic E-state index is -0.698. The molecule has 0 radical (unpaired) electrons. The Kier molecular flexibility index (Phi) is 5.90. The molecule has 2 aromatic rings. The quantitative estimate of drug-likeness (QED) is 0.644. The molecule has 0 saturated carbocycles. The summed E-state index contributed by atoms with van der Waals surface area (Å²) < 4.78 is 14.8. The van der Waals surface area contributed by atoms with E-state index in [-0.39, 0.29) is 5.70 Å². The first kappa shape index (κ1) is 17.0. The number of methoxy groups -OCH3 is 2. The average molecular weight is 328 g/mol. The molecule has 24 heavy (non-hydrogen) atoms. The van der Waals surface area contributed by atoms with Crippen molar-refractivity contribution in [1.82, 2.24) is 4.98 Å². The summed E-state index contributed by atoms with van der Waals surface area (Å²) in [5.74, 6) is -0.422. The summed E-state index contributed by atoms with van der Waals surface area (Å²) in [5, 5.41) is 2.81. The van der Waals surface area contributed by atoms with Crippen LogP contribution in [0.15, 0.2) is 60.4 Å². The Bertz CT molecular complexity index is 744. The highest BCUT2D eigenvalue weighted by atomic mass is 16.5. The third kappa shape index (κ3) is 4.84. The van der Waals surface area contributed by atoms with Gasteiger partial charge >= 0.3 is 11.9 Å². The molecule has 0 spiro atoms. The molecule has 1 N–H and O–H groups in total. The Morgan fingerprint density at radius 3 is 2.58 bits per heavy atom. The molecular weight excluding hydrogens is 312 g/mol. The van der Waals surface area contributed by atoms with Crippen molar-refractivity contribution in [2.45, 2.75) is 0 Å². The van der Waals surface area contributed by atoms with E-state index in [0.29, 0.717) is 17.3 Å². The summed E-state index contributed by atoms with van der Waals surface area (Å²) in [4.78, 5) is 27.2. The maximum absolute atomic E-state index is 11.7. The lowest BCUT2D eigenvalue weighted by Crippen LogP contribution is -2.15. The van der Waals surface area contributed by atoms with Crippen molar-refractivity contribution in [3.8, 4) is 11.6 Å². The van der Waals surface area contributed by atoms with Crippen LogP contribution in [0.2, 0.25) is 0 Å². The number of ether oxygens (including phenoxy) is 3. The van der Waals surface area contributed by atoms with E-state index in [9.17, 15) is 9.59 Å². The predicted molar refractivity (Wildman–Crippen MR) is 86.5 cm³/mol. The molecule has 0 bridgehead atoms. The number of esters is 2. The molecule has 0 fully saturated rings. The van der Waals surface area contributed by atoms with Gasteiger partial charge in [-0.25, -0.2) is 14.6 Å². The number of carbonyl (C=O) groups is 2. The Balaban J connectivity index is 2.19. The second-order valence-corrected chi connectivity index (χ2v) is 4.50. The topological polar surface area (TPSA) is 86.8 Å². The molecule has 0 aliphatic carbocycles. The first-order valence-corrected chi connectivity index (χ1v) is 6.96. The smallest absolute Gasteiger partial charge is 0.354 e. The number of pyridine rings is 1. The Morgan fingerprint density at radius 2 is 1.92 bits per heavy atom. The SMILES string of the molecule is COC(=O)/C=C(/Nc1cccc(Oc2ccccn2)c1)C(=O)OC. The first-order chi connectivity index (χ1) is 11.6. The van der Waals surface area contributed by atoms with Gasteiger partial charge in [0.05, 0.1) is 20.3 Å². The Morgan fingerprint density at radius 1 is 1.08 bits per heavy atom. The van der Waals surface area contributed by atoms with Gasteiger partial charge in [-0.15, -0.1) is 0 Å². The zero-order valence-corrected chi connectivity index (χ0v) is 13.2. The van der Waals surface area contributed by atoms with Gasteiger partial charge in [0.15, 0.2) is 0 Å². The van der Waals surface area contributed by atoms with Gasteiger partial charge in [0.2, 0.25) is 5.88 Å². The van der Waals surface area contributed by atoms with Crippen LogP contribution in [0.5, 0.6) is 11.6 Å². The first-order valence-electron chi connectivity index (χ1n) is 6.96. The molecule has 1 aromatic heterocycles. The minimum Gasteiger partial charge on any atom is -0.466 e. The maximum Gasteiger partial charge on any atom is 0.354 e. The van der Waals surface area contributed by atoms with Crippen molar-refractivity contribution in [2.75, 3.05) is 19.5 Å². The van der Waals surface area contributed by atoms with Crippen molar-refractivity contribution in [3.63, 3.8) is 0 Å². The molecule has 124 valence electrons. The van der Waals surface area contributed by atoms with Gasteiger partial charge in [-0.3, -0.25) is 0 Å². The normalized spacial score (nSPS) is 10.7. The number of aromatic nitrogens is 1. The monoisotopic (exact) mass is 328 g/mol. The minimum absolute atomic E-state index is 0.0562. The highest BCUT2D eigenvalue weighted by Crippen LogP contribution is 2.23. The number of hydrogen-bond donors (Lipinski definition) is 1. The van der Waals surface area contributed by atoms with Gasteiger partial charge in [0, 0.05) is 24.0 Å². The number of anilines is 1. The lowest BCUT2D eigenvalue weighted by Gasteiger charge is -2.10. The average Bonchev–Trinajstić information content (AvgIpc) is 2.61. The number of carbonyl (C=O) groups excluding carboxylic acids is 2. The van der Waals surface area contributed by atoms with Crippen molar-refractivity contribution in [2.24, 2.45) is 0 Å². The lowest BCUT2D eigenvalue weighted by atomic mass is 10.2. The molecule has 1 aromatic carbocycles. The van der Waals surface area contributed by atoms with Gasteiger partial charge in [0.25, 0.3) is 0 Å². The molecule has 0 aliphatic rings. The van der Waals surface area contributed by atoms with E-state index in [1.165, 1.54) is 14.2 Å². The summed E-state index contributed by atoms with van der Waals surface area (Å²) in [6.07, 6.45) is 2.63. The van der Waals surface area contributed by atoms with E-state index in [2.05, 4.69) is 19.8 Å². The van der Waals surface area contributed by atoms with Crippen LogP contribution >= 0.6 is 0 Å². The largest absolute Gasteiger partial charge is 0.466 e. The maximum atomic E-state index is 11.7. The van der Waals surface area contributed by atoms with Crippen LogP contribution in [-0.2, 0) is 19.1 Å². The van der Waals surface area contributed by atoms with Crippen molar-refractivity contribution >= 4 is 17.6 Å². The van der Waals surface area contributed by atoms with E-state index >= 15 is 0 Å². The van der Waals surface area contributed by atoms with Crippen LogP contribution in [0.1, 0.15) is 0 Å². The van der Waals surface area contributed by atoms with Crippen LogP contribution in [0.4, 0.5) is 5.69 Å². The molecule has 1 heterocycles. The van der Waals surface area contributed by atoms with Crippen LogP contribution in [0.3, 0.4) is 0 Å². The summed E-state index contributed by atoms with van der Waals surface area (Å²) in [6.45, 7) is 0. The molecular formula is C17H16N2O5. The second kappa shape index (κ2) is 8.33. The number of hydrogen-bond acceptors (Lipinski definition) is 7. The van der Waals surface area contributed by atoms with Gasteiger partial charge in [-0.05, 0) is 18.2 Å². The molecule has 7 heteroatoms. The van der Waals surface area contributed by atoms with Crippen LogP contribution in [0.25, 0.3) is 0 Å². The van der Waals surface area contributed by atoms with E-state index in [1.807, 2.05) is 0 Å². The predicted octanol–water partition coefficient (Wildman–Crippen LogP) is 2.52. The third-order valence-electron chi connectivity index (χ3n) is 2.84. The number of nitrogens with zero attached hydrogens (tertiary/aromatic N) is 1. The molecule has 0 aliphatic heterocycles. The molecule has 7 nitrogen and oxygen atoms in total. The summed E-state index contributed by atoms with van der Waals surface area (Å²) in [6, 6.07) is 12.1. The lowest BCUT2D eigenvalue weighted by molar-refractivity contribution is -0.138. The van der Waals surface area contributed by atoms with Gasteiger partial charge < -0.3 is 19.5 Å². The molecule has 2 rings (SSSR count). The number of nitrogens with one attached hydrogen (secondary N) is 1. The molecule has 0 saturated heterocycles. The van der Waals surface area contributed by atoms with E-state index in [0.717, 1.165) is 6.08 Å². The van der Waals surface area contributed by atoms with Crippen molar-refractivity contribution < 1.29 is 23.8 Å². The third-order valence-corrected chi connectivity index (χ3v) is 2.84. The molecule has 0 atom stereocenters. The highest BCUT2D eigenvalue weighted by molar-refractivity contribution is 5.98. The number of benzene rings is 1. The fourth-order valence-electron chi connectivity index (χ4n) is 1.75. The van der Waals surface area contributed by atoms with Gasteiger partial charge in [0.1, 0.15) is 11.4 Å². The zero-order chi connectivity index (χ0) is 17.4. The van der Waals surface area contributed by atoms with Gasteiger partial charge in [-0.1, -0.05) is 12.1 Å². The standard InChI is InChI=1S/C17H16N2O5/c1-22-16(20)11-14(17(21)23-2)19-12-6-5-7-13(10-12)24-15-8-3-4-9-18-15/h3-11,19H,1-2H3/b14-11+. The fourth-order valence-corrected chi connectivity index (χ4v) is 1.75. The summed E-state index contributed by atoms with van der Waals surface area (Å²) >= 11 is 0. The van der Waals surface area contributed by atoms with E-state index < -0.39 is 11.9 Å². The van der Waals surface area contributed by atoms with Crippen molar-refractivity contribution in [1.29, 1.82) is 0 Å². The summed E-state index contributed by atoms with van der Waals surface area (Å²) in [5.41, 5.74) is 0.475. The van der Waals surface area contributed by atoms with Crippen molar-refractivity contribution in [3.05, 3.63) is 60.4 Å². The Labute approximate surface area is 138 Å². The van der Waals surface area contributed by atoms with Crippen LogP contribution in [0, 0.1) is 0 Å². The van der Waals surface area contributed by atoms with Crippen LogP contribution < -0.4 is 10.1 Å². The zero-order valence-electron chi connectivity index (χ0n) is 13.2. The number of rotatable bonds is 6.